The van der Waals surface area contributed by atoms with Crippen LogP contribution in [-0.4, -0.2) is 13.0 Å². The van der Waals surface area contributed by atoms with Gasteiger partial charge in [0.15, 0.2) is 5.75 Å². The first kappa shape index (κ1) is 9.54. The van der Waals surface area contributed by atoms with Crippen molar-refractivity contribution >= 4 is 11.6 Å². The summed E-state index contributed by atoms with van der Waals surface area (Å²) in [6.45, 7) is 0. The van der Waals surface area contributed by atoms with Crippen LogP contribution in [-0.2, 0) is 0 Å². The summed E-state index contributed by atoms with van der Waals surface area (Å²) in [4.78, 5) is 10.8. The van der Waals surface area contributed by atoms with Gasteiger partial charge in [-0.1, -0.05) is 0 Å². The summed E-state index contributed by atoms with van der Waals surface area (Å²) in [5, 5.41) is 1.62. The molecule has 70 valence electrons. The van der Waals surface area contributed by atoms with E-state index in [0.29, 0.717) is 11.3 Å². The fourth-order valence-corrected chi connectivity index (χ4v) is 1.05. The van der Waals surface area contributed by atoms with E-state index in [4.69, 9.17) is 10.5 Å². The van der Waals surface area contributed by atoms with E-state index in [2.05, 4.69) is 7.05 Å². The second-order valence-electron chi connectivity index (χ2n) is 2.53. The van der Waals surface area contributed by atoms with Crippen LogP contribution in [0.25, 0.3) is 0 Å². The normalized spacial score (nSPS) is 9.69. The summed E-state index contributed by atoms with van der Waals surface area (Å²) in [5.74, 6) is 0.228. The average molecular weight is 180 g/mol. The highest BCUT2D eigenvalue weighted by Crippen LogP contribution is 2.20. The van der Waals surface area contributed by atoms with E-state index in [1.807, 2.05) is 0 Å². The summed E-state index contributed by atoms with van der Waals surface area (Å²) in [6.07, 6.45) is 0. The summed E-state index contributed by atoms with van der Waals surface area (Å²) in [7, 11) is 5.17. The van der Waals surface area contributed by atoms with Crippen LogP contribution in [0.3, 0.4) is 0 Å². The number of carbonyl (C=O) groups excluding carboxylic acids is 1. The molecule has 0 unspecified atom stereocenters. The van der Waals surface area contributed by atoms with Crippen molar-refractivity contribution in [3.05, 3.63) is 30.8 Å². The zero-order valence-corrected chi connectivity index (χ0v) is 7.41. The number of benzene rings is 1. The number of primary amides is 1. The molecule has 0 aliphatic heterocycles. The van der Waals surface area contributed by atoms with Gasteiger partial charge in [-0.2, -0.15) is 0 Å². The zero-order chi connectivity index (χ0) is 9.84. The van der Waals surface area contributed by atoms with Gasteiger partial charge in [-0.05, 0) is 12.1 Å². The van der Waals surface area contributed by atoms with Gasteiger partial charge in [-0.15, -0.1) is 7.05 Å². The van der Waals surface area contributed by atoms with E-state index < -0.39 is 5.91 Å². The molecule has 4 nitrogen and oxygen atoms in total. The molecule has 0 fully saturated rings. The van der Waals surface area contributed by atoms with Crippen molar-refractivity contribution in [3.63, 3.8) is 0 Å². The Morgan fingerprint density at radius 3 is 2.77 bits per heavy atom. The van der Waals surface area contributed by atoms with Crippen LogP contribution in [0, 0.1) is 7.05 Å². The Morgan fingerprint density at radius 2 is 2.31 bits per heavy atom. The van der Waals surface area contributed by atoms with Crippen molar-refractivity contribution in [2.24, 2.45) is 5.73 Å². The second-order valence-corrected chi connectivity index (χ2v) is 2.53. The van der Waals surface area contributed by atoms with Gasteiger partial charge >= 0.3 is 0 Å². The monoisotopic (exact) mass is 180 g/mol. The first-order valence-electron chi connectivity index (χ1n) is 3.79. The standard InChI is InChI=1S/C9H12N2O2/c1-11-7-5-6(9(10)12)3-4-8(7)13-2/h3-5H,1,11H2,2H3,(H2,10,12). The molecule has 0 atom stereocenters. The van der Waals surface area contributed by atoms with Crippen LogP contribution >= 0.6 is 0 Å². The first-order chi connectivity index (χ1) is 6.19. The summed E-state index contributed by atoms with van der Waals surface area (Å²) < 4.78 is 5.05. The Bertz CT molecular complexity index is 323. The van der Waals surface area contributed by atoms with Crippen molar-refractivity contribution in [2.75, 3.05) is 7.11 Å². The maximum Gasteiger partial charge on any atom is 0.248 e. The van der Waals surface area contributed by atoms with Gasteiger partial charge in [0.25, 0.3) is 0 Å². The lowest BCUT2D eigenvalue weighted by Crippen LogP contribution is -2.69. The molecular weight excluding hydrogens is 168 g/mol. The van der Waals surface area contributed by atoms with Gasteiger partial charge in [0, 0.05) is 11.6 Å². The zero-order valence-electron chi connectivity index (χ0n) is 7.41. The van der Waals surface area contributed by atoms with E-state index in [1.54, 1.807) is 30.6 Å². The Balaban J connectivity index is 3.13. The molecule has 0 aliphatic carbocycles. The Morgan fingerprint density at radius 1 is 1.62 bits per heavy atom. The number of ether oxygens (including phenoxy) is 1. The predicted molar refractivity (Wildman–Crippen MR) is 48.5 cm³/mol. The number of amides is 1. The second kappa shape index (κ2) is 3.91. The molecule has 4 N–H and O–H groups in total. The van der Waals surface area contributed by atoms with E-state index in [1.165, 1.54) is 0 Å². The first-order valence-corrected chi connectivity index (χ1v) is 3.79. The summed E-state index contributed by atoms with van der Waals surface area (Å²) >= 11 is 0. The Hall–Kier alpha value is -1.55. The fraction of sp³-hybridized carbons (Fsp3) is 0.111. The number of carbonyl (C=O) groups is 1. The minimum absolute atomic E-state index is 0.453. The van der Waals surface area contributed by atoms with Crippen LogP contribution in [0.15, 0.2) is 18.2 Å². The molecule has 1 amide bonds. The molecular formula is C9H12N2O2. The molecule has 0 spiro atoms. The quantitative estimate of drug-likeness (QED) is 0.498. The number of methoxy groups -OCH3 is 1. The maximum absolute atomic E-state index is 10.8. The SMILES string of the molecule is [CH2-][NH2+]c1cc(C(N)=O)ccc1OC. The van der Waals surface area contributed by atoms with Gasteiger partial charge in [-0.25, -0.2) is 0 Å². The van der Waals surface area contributed by atoms with Crippen LogP contribution < -0.4 is 15.8 Å². The van der Waals surface area contributed by atoms with Crippen molar-refractivity contribution in [3.8, 4) is 5.75 Å². The lowest BCUT2D eigenvalue weighted by molar-refractivity contribution is -0.505. The van der Waals surface area contributed by atoms with E-state index in [-0.39, 0.29) is 0 Å². The fourth-order valence-electron chi connectivity index (χ4n) is 1.05. The number of hydrogen-bond donors (Lipinski definition) is 2. The molecule has 1 aromatic carbocycles. The molecule has 0 radical (unpaired) electrons. The molecule has 0 aliphatic rings. The third-order valence-electron chi connectivity index (χ3n) is 1.73. The molecule has 0 heterocycles. The van der Waals surface area contributed by atoms with E-state index in [9.17, 15) is 4.79 Å². The summed E-state index contributed by atoms with van der Waals surface area (Å²) in [5.41, 5.74) is 6.33. The Labute approximate surface area is 76.7 Å². The molecule has 1 rings (SSSR count). The van der Waals surface area contributed by atoms with Crippen molar-refractivity contribution in [1.82, 2.24) is 0 Å². The molecule has 1 aromatic rings. The van der Waals surface area contributed by atoms with Crippen LogP contribution in [0.5, 0.6) is 5.75 Å². The number of nitrogens with two attached hydrogens (primary N) is 2. The smallest absolute Gasteiger partial charge is 0.248 e. The number of rotatable bonds is 3. The lowest BCUT2D eigenvalue weighted by Gasteiger charge is -2.07. The molecule has 0 saturated carbocycles. The van der Waals surface area contributed by atoms with Crippen LogP contribution in [0.1, 0.15) is 10.4 Å². The third-order valence-corrected chi connectivity index (χ3v) is 1.73. The largest absolute Gasteiger partial charge is 0.491 e. The van der Waals surface area contributed by atoms with Crippen LogP contribution in [0.2, 0.25) is 0 Å². The summed E-state index contributed by atoms with van der Waals surface area (Å²) in [6, 6.07) is 4.96. The highest BCUT2D eigenvalue weighted by Gasteiger charge is 2.07. The molecule has 0 aromatic heterocycles. The highest BCUT2D eigenvalue weighted by atomic mass is 16.5. The minimum Gasteiger partial charge on any atom is -0.491 e. The van der Waals surface area contributed by atoms with E-state index in [0.717, 1.165) is 5.69 Å². The van der Waals surface area contributed by atoms with Gasteiger partial charge in [-0.3, -0.25) is 4.79 Å². The molecule has 13 heavy (non-hydrogen) atoms. The van der Waals surface area contributed by atoms with Crippen molar-refractivity contribution in [1.29, 1.82) is 0 Å². The van der Waals surface area contributed by atoms with Gasteiger partial charge < -0.3 is 15.8 Å². The third kappa shape index (κ3) is 1.97. The topological polar surface area (TPSA) is 68.9 Å². The minimum atomic E-state index is -0.453. The van der Waals surface area contributed by atoms with Crippen LogP contribution in [0.4, 0.5) is 5.69 Å². The van der Waals surface area contributed by atoms with Gasteiger partial charge in [0.05, 0.1) is 7.11 Å². The molecule has 0 bridgehead atoms. The van der Waals surface area contributed by atoms with E-state index >= 15 is 0 Å². The number of quaternary nitrogens is 1. The van der Waals surface area contributed by atoms with Gasteiger partial charge in [0.1, 0.15) is 5.69 Å². The van der Waals surface area contributed by atoms with Gasteiger partial charge in [0.2, 0.25) is 5.91 Å². The Kier molecular flexibility index (Phi) is 2.87. The molecule has 4 heteroatoms. The van der Waals surface area contributed by atoms with Crippen molar-refractivity contribution < 1.29 is 14.8 Å². The maximum atomic E-state index is 10.8. The molecule has 0 saturated heterocycles. The predicted octanol–water partition coefficient (Wildman–Crippen LogP) is -0.219. The van der Waals surface area contributed by atoms with Crippen molar-refractivity contribution in [2.45, 2.75) is 0 Å². The number of hydrogen-bond acceptors (Lipinski definition) is 2. The highest BCUT2D eigenvalue weighted by molar-refractivity contribution is 5.93. The average Bonchev–Trinajstić information content (AvgIpc) is 2.16. The lowest BCUT2D eigenvalue weighted by atomic mass is 10.2.